The van der Waals surface area contributed by atoms with Crippen LogP contribution in [0.1, 0.15) is 0 Å². The molecule has 0 spiro atoms. The Bertz CT molecular complexity index is 404. The summed E-state index contributed by atoms with van der Waals surface area (Å²) >= 11 is 0. The van der Waals surface area contributed by atoms with E-state index in [1.807, 2.05) is 0 Å². The Labute approximate surface area is 92.4 Å². The van der Waals surface area contributed by atoms with Crippen molar-refractivity contribution in [2.45, 2.75) is 0 Å². The van der Waals surface area contributed by atoms with Crippen LogP contribution in [0.25, 0.3) is 0 Å². The minimum absolute atomic E-state index is 0.146. The van der Waals surface area contributed by atoms with Crippen molar-refractivity contribution in [3.8, 4) is 5.75 Å². The van der Waals surface area contributed by atoms with Crippen molar-refractivity contribution < 1.29 is 19.0 Å². The van der Waals surface area contributed by atoms with Crippen molar-refractivity contribution in [2.24, 2.45) is 0 Å². The summed E-state index contributed by atoms with van der Waals surface area (Å²) in [5.74, 6) is -1.29. The van der Waals surface area contributed by atoms with Gasteiger partial charge < -0.3 is 15.2 Å². The first-order valence-corrected chi connectivity index (χ1v) is 4.60. The van der Waals surface area contributed by atoms with Crippen molar-refractivity contribution in [2.75, 3.05) is 19.0 Å². The number of methoxy groups -OCH3 is 1. The van der Waals surface area contributed by atoms with E-state index in [1.54, 1.807) is 6.07 Å². The summed E-state index contributed by atoms with van der Waals surface area (Å²) in [5, 5.41) is 11.3. The van der Waals surface area contributed by atoms with Gasteiger partial charge in [-0.15, -0.1) is 0 Å². The average molecular weight is 225 g/mol. The van der Waals surface area contributed by atoms with Crippen LogP contribution in [0.3, 0.4) is 0 Å². The molecule has 0 bridgehead atoms. The molecule has 5 heteroatoms. The third-order valence-corrected chi connectivity index (χ3v) is 1.84. The second-order valence-electron chi connectivity index (χ2n) is 2.97. The molecule has 0 heterocycles. The molecule has 0 saturated carbocycles. The zero-order valence-electron chi connectivity index (χ0n) is 8.74. The first kappa shape index (κ1) is 12.0. The zero-order valence-corrected chi connectivity index (χ0v) is 8.74. The number of hydrogen-bond acceptors (Lipinski definition) is 3. The van der Waals surface area contributed by atoms with Gasteiger partial charge in [0.2, 0.25) is 0 Å². The highest BCUT2D eigenvalue weighted by Gasteiger charge is 2.02. The van der Waals surface area contributed by atoms with Gasteiger partial charge in [-0.05, 0) is 12.1 Å². The Morgan fingerprint density at radius 1 is 1.62 bits per heavy atom. The van der Waals surface area contributed by atoms with Crippen LogP contribution in [0.4, 0.5) is 10.1 Å². The molecule has 0 saturated heterocycles. The molecule has 0 radical (unpaired) electrons. The largest absolute Gasteiger partial charge is 0.494 e. The Morgan fingerprint density at radius 2 is 2.38 bits per heavy atom. The number of anilines is 1. The van der Waals surface area contributed by atoms with Crippen molar-refractivity contribution in [3.05, 3.63) is 36.2 Å². The molecule has 0 aliphatic rings. The van der Waals surface area contributed by atoms with Gasteiger partial charge in [-0.2, -0.15) is 0 Å². The third kappa shape index (κ3) is 3.61. The van der Waals surface area contributed by atoms with Gasteiger partial charge in [-0.25, -0.2) is 9.18 Å². The first-order valence-electron chi connectivity index (χ1n) is 4.60. The number of hydrogen-bond donors (Lipinski definition) is 2. The topological polar surface area (TPSA) is 58.6 Å². The first-order chi connectivity index (χ1) is 7.63. The molecule has 0 amide bonds. The predicted molar refractivity (Wildman–Crippen MR) is 58.2 cm³/mol. The fourth-order valence-corrected chi connectivity index (χ4v) is 1.11. The second kappa shape index (κ2) is 5.75. The van der Waals surface area contributed by atoms with E-state index in [1.165, 1.54) is 25.3 Å². The fourth-order valence-electron chi connectivity index (χ4n) is 1.11. The maximum absolute atomic E-state index is 13.0. The van der Waals surface area contributed by atoms with Crippen LogP contribution in [-0.2, 0) is 4.79 Å². The van der Waals surface area contributed by atoms with Crippen LogP contribution in [0, 0.1) is 5.82 Å². The maximum Gasteiger partial charge on any atom is 0.328 e. The van der Waals surface area contributed by atoms with Crippen LogP contribution in [0.5, 0.6) is 5.75 Å². The maximum atomic E-state index is 13.0. The van der Waals surface area contributed by atoms with Gasteiger partial charge >= 0.3 is 5.97 Å². The summed E-state index contributed by atoms with van der Waals surface area (Å²) in [7, 11) is 1.38. The number of aliphatic carboxylic acids is 1. The molecule has 0 unspecified atom stereocenters. The molecule has 4 nitrogen and oxygen atoms in total. The van der Waals surface area contributed by atoms with Crippen LogP contribution in [-0.4, -0.2) is 24.7 Å². The molecule has 1 aromatic carbocycles. The quantitative estimate of drug-likeness (QED) is 0.751. The van der Waals surface area contributed by atoms with E-state index in [0.717, 1.165) is 6.08 Å². The Hall–Kier alpha value is -2.04. The summed E-state index contributed by atoms with van der Waals surface area (Å²) in [4.78, 5) is 10.2. The molecule has 0 atom stereocenters. The lowest BCUT2D eigenvalue weighted by molar-refractivity contribution is -0.131. The van der Waals surface area contributed by atoms with Gasteiger partial charge in [0.15, 0.2) is 11.6 Å². The average Bonchev–Trinajstić information content (AvgIpc) is 2.26. The molecule has 0 fully saturated rings. The summed E-state index contributed by atoms with van der Waals surface area (Å²) in [6.07, 6.45) is 2.49. The molecule has 0 aromatic heterocycles. The fraction of sp³-hybridized carbons (Fsp3) is 0.182. The van der Waals surface area contributed by atoms with E-state index in [-0.39, 0.29) is 5.75 Å². The van der Waals surface area contributed by atoms with Gasteiger partial charge in [-0.1, -0.05) is 6.08 Å². The number of benzene rings is 1. The zero-order chi connectivity index (χ0) is 12.0. The minimum Gasteiger partial charge on any atom is -0.494 e. The highest BCUT2D eigenvalue weighted by molar-refractivity contribution is 5.79. The van der Waals surface area contributed by atoms with Gasteiger partial charge in [0.05, 0.1) is 7.11 Å². The van der Waals surface area contributed by atoms with E-state index in [9.17, 15) is 9.18 Å². The summed E-state index contributed by atoms with van der Waals surface area (Å²) in [6, 6.07) is 4.33. The van der Waals surface area contributed by atoms with Crippen molar-refractivity contribution in [3.63, 3.8) is 0 Å². The SMILES string of the molecule is COc1cc(NC/C=C/C(=O)O)ccc1F. The van der Waals surface area contributed by atoms with E-state index in [4.69, 9.17) is 9.84 Å². The number of halogens is 1. The molecule has 1 aromatic rings. The van der Waals surface area contributed by atoms with Gasteiger partial charge in [0.25, 0.3) is 0 Å². The van der Waals surface area contributed by atoms with E-state index < -0.39 is 11.8 Å². The second-order valence-corrected chi connectivity index (χ2v) is 2.97. The monoisotopic (exact) mass is 225 g/mol. The van der Waals surface area contributed by atoms with Gasteiger partial charge in [0, 0.05) is 24.4 Å². The van der Waals surface area contributed by atoms with Crippen LogP contribution < -0.4 is 10.1 Å². The lowest BCUT2D eigenvalue weighted by atomic mass is 10.3. The van der Waals surface area contributed by atoms with Crippen LogP contribution in [0.2, 0.25) is 0 Å². The Balaban J connectivity index is 2.58. The third-order valence-electron chi connectivity index (χ3n) is 1.84. The van der Waals surface area contributed by atoms with Crippen molar-refractivity contribution in [1.82, 2.24) is 0 Å². The smallest absolute Gasteiger partial charge is 0.328 e. The molecular formula is C11H12FNO3. The van der Waals surface area contributed by atoms with Crippen molar-refractivity contribution in [1.29, 1.82) is 0 Å². The lowest BCUT2D eigenvalue weighted by Gasteiger charge is -2.06. The molecule has 16 heavy (non-hydrogen) atoms. The van der Waals surface area contributed by atoms with E-state index >= 15 is 0 Å². The van der Waals surface area contributed by atoms with Gasteiger partial charge in [0.1, 0.15) is 0 Å². The molecule has 0 aliphatic carbocycles. The summed E-state index contributed by atoms with van der Waals surface area (Å²) in [5.41, 5.74) is 0.660. The number of carboxylic acid groups (broad SMARTS) is 1. The Kier molecular flexibility index (Phi) is 4.32. The summed E-state index contributed by atoms with van der Waals surface area (Å²) < 4.78 is 17.8. The lowest BCUT2D eigenvalue weighted by Crippen LogP contribution is -2.00. The molecule has 2 N–H and O–H groups in total. The van der Waals surface area contributed by atoms with E-state index in [0.29, 0.717) is 12.2 Å². The highest BCUT2D eigenvalue weighted by Crippen LogP contribution is 2.21. The molecular weight excluding hydrogens is 213 g/mol. The standard InChI is InChI=1S/C11H12FNO3/c1-16-10-7-8(4-5-9(10)12)13-6-2-3-11(14)15/h2-5,7,13H,6H2,1H3,(H,14,15)/b3-2+. The molecule has 1 rings (SSSR count). The van der Waals surface area contributed by atoms with Crippen LogP contribution >= 0.6 is 0 Å². The Morgan fingerprint density at radius 3 is 3.00 bits per heavy atom. The minimum atomic E-state index is -1.00. The highest BCUT2D eigenvalue weighted by atomic mass is 19.1. The van der Waals surface area contributed by atoms with Gasteiger partial charge in [-0.3, -0.25) is 0 Å². The van der Waals surface area contributed by atoms with Crippen molar-refractivity contribution >= 4 is 11.7 Å². The summed E-state index contributed by atoms with van der Waals surface area (Å²) in [6.45, 7) is 0.348. The van der Waals surface area contributed by atoms with E-state index in [2.05, 4.69) is 5.32 Å². The number of nitrogens with one attached hydrogen (secondary N) is 1. The van der Waals surface area contributed by atoms with Crippen LogP contribution in [0.15, 0.2) is 30.4 Å². The molecule has 86 valence electrons. The number of ether oxygens (including phenoxy) is 1. The normalized spacial score (nSPS) is 10.4. The number of rotatable bonds is 5. The molecule has 0 aliphatic heterocycles. The predicted octanol–water partition coefficient (Wildman–Crippen LogP) is 1.89. The number of carbonyl (C=O) groups is 1. The number of carboxylic acids is 1.